The number of hydrogen-bond acceptors (Lipinski definition) is 6. The highest BCUT2D eigenvalue weighted by atomic mass is 35.5. The fourth-order valence-corrected chi connectivity index (χ4v) is 8.70. The Hall–Kier alpha value is -5.71. The third-order valence-corrected chi connectivity index (χ3v) is 11.4. The van der Waals surface area contributed by atoms with Gasteiger partial charge in [0.05, 0.1) is 17.1 Å². The number of carbonyl (C=O) groups excluding carboxylic acids is 1. The van der Waals surface area contributed by atoms with Gasteiger partial charge >= 0.3 is 0 Å². The molecule has 3 aromatic carbocycles. The normalized spacial score (nSPS) is 15.8. The number of allylic oxidation sites excluding steroid dienone is 1. The van der Waals surface area contributed by atoms with Crippen molar-refractivity contribution < 1.29 is 13.6 Å². The highest BCUT2D eigenvalue weighted by molar-refractivity contribution is 7.14. The summed E-state index contributed by atoms with van der Waals surface area (Å²) in [7, 11) is 0. The van der Waals surface area contributed by atoms with Gasteiger partial charge in [0.15, 0.2) is 11.5 Å². The number of halogens is 3. The van der Waals surface area contributed by atoms with Crippen LogP contribution < -0.4 is 10.6 Å². The number of nitrogens with zero attached hydrogens (tertiary/aromatic N) is 4. The van der Waals surface area contributed by atoms with Crippen LogP contribution >= 0.6 is 22.9 Å². The van der Waals surface area contributed by atoms with Gasteiger partial charge < -0.3 is 10.6 Å². The monoisotopic (exact) mass is 770 g/mol. The average molecular weight is 771 g/mol. The molecule has 0 spiro atoms. The Balaban J connectivity index is 1.26. The Morgan fingerprint density at radius 2 is 1.55 bits per heavy atom. The summed E-state index contributed by atoms with van der Waals surface area (Å²) in [6.07, 6.45) is 6.37. The van der Waals surface area contributed by atoms with Crippen molar-refractivity contribution in [1.29, 1.82) is 0 Å². The van der Waals surface area contributed by atoms with E-state index >= 15 is 8.78 Å². The lowest BCUT2D eigenvalue weighted by Gasteiger charge is -2.36. The van der Waals surface area contributed by atoms with Crippen LogP contribution in [0, 0.1) is 11.6 Å². The van der Waals surface area contributed by atoms with Crippen LogP contribution in [0.1, 0.15) is 58.3 Å². The second kappa shape index (κ2) is 15.6. The van der Waals surface area contributed by atoms with E-state index in [1.807, 2.05) is 91.0 Å². The zero-order valence-corrected chi connectivity index (χ0v) is 31.3. The molecule has 8 rings (SSSR count). The smallest absolute Gasteiger partial charge is 0.253 e. The molecule has 2 unspecified atom stereocenters. The molecule has 7 nitrogen and oxygen atoms in total. The predicted molar refractivity (Wildman–Crippen MR) is 216 cm³/mol. The Morgan fingerprint density at radius 3 is 2.15 bits per heavy atom. The quantitative estimate of drug-likeness (QED) is 0.101. The summed E-state index contributed by atoms with van der Waals surface area (Å²) in [6, 6.07) is 34.1. The minimum atomic E-state index is -1.10. The number of pyridine rings is 2. The number of rotatable bonds is 11. The van der Waals surface area contributed by atoms with Crippen molar-refractivity contribution >= 4 is 45.7 Å². The van der Waals surface area contributed by atoms with E-state index in [1.165, 1.54) is 23.5 Å². The molecule has 0 saturated heterocycles. The Bertz CT molecular complexity index is 2380. The summed E-state index contributed by atoms with van der Waals surface area (Å²) < 4.78 is 34.0. The molecule has 2 atom stereocenters. The third-order valence-electron chi connectivity index (χ3n) is 10.2. The lowest BCUT2D eigenvalue weighted by molar-refractivity contribution is 0.0927. The summed E-state index contributed by atoms with van der Waals surface area (Å²) in [6.45, 7) is 3.90. The van der Waals surface area contributed by atoms with Crippen molar-refractivity contribution in [2.24, 2.45) is 0 Å². The van der Waals surface area contributed by atoms with Crippen molar-refractivity contribution in [2.45, 2.75) is 49.7 Å². The highest BCUT2D eigenvalue weighted by Gasteiger charge is 2.42. The first kappa shape index (κ1) is 36.3. The molecule has 11 heteroatoms. The van der Waals surface area contributed by atoms with Gasteiger partial charge in [0.1, 0.15) is 32.9 Å². The highest BCUT2D eigenvalue weighted by Crippen LogP contribution is 2.44. The first-order valence-corrected chi connectivity index (χ1v) is 19.4. The first-order chi connectivity index (χ1) is 26.9. The number of aromatic nitrogens is 4. The maximum absolute atomic E-state index is 16.5. The van der Waals surface area contributed by atoms with Gasteiger partial charge in [-0.15, -0.1) is 17.9 Å². The number of fused-ring (bicyclic) bond motifs is 1. The molecule has 1 saturated carbocycles. The predicted octanol–water partition coefficient (Wildman–Crippen LogP) is 10.2. The third kappa shape index (κ3) is 6.92. The van der Waals surface area contributed by atoms with Crippen LogP contribution in [0.15, 0.2) is 133 Å². The molecule has 1 aliphatic carbocycles. The van der Waals surface area contributed by atoms with E-state index < -0.39 is 17.2 Å². The summed E-state index contributed by atoms with van der Waals surface area (Å²) in [5.41, 5.74) is 3.10. The first-order valence-electron chi connectivity index (χ1n) is 18.2. The lowest BCUT2D eigenvalue weighted by atomic mass is 9.77. The number of amides is 1. The van der Waals surface area contributed by atoms with Crippen LogP contribution in [-0.2, 0) is 12.0 Å². The Morgan fingerprint density at radius 1 is 0.909 bits per heavy atom. The minimum Gasteiger partial charge on any atom is -0.367 e. The fourth-order valence-electron chi connectivity index (χ4n) is 7.78. The summed E-state index contributed by atoms with van der Waals surface area (Å²) in [4.78, 5) is 22.5. The molecular weight excluding hydrogens is 734 g/mol. The van der Waals surface area contributed by atoms with Gasteiger partial charge in [-0.2, -0.15) is 5.10 Å². The lowest BCUT2D eigenvalue weighted by Crippen LogP contribution is -2.42. The molecule has 0 radical (unpaired) electrons. The zero-order chi connectivity index (χ0) is 37.9. The van der Waals surface area contributed by atoms with E-state index in [0.29, 0.717) is 45.2 Å². The van der Waals surface area contributed by atoms with Gasteiger partial charge in [0, 0.05) is 17.6 Å². The van der Waals surface area contributed by atoms with Crippen LogP contribution in [0.4, 0.5) is 14.6 Å². The summed E-state index contributed by atoms with van der Waals surface area (Å²) >= 11 is 7.56. The van der Waals surface area contributed by atoms with Crippen LogP contribution in [0.5, 0.6) is 0 Å². The van der Waals surface area contributed by atoms with Crippen LogP contribution in [0.25, 0.3) is 22.4 Å². The van der Waals surface area contributed by atoms with E-state index in [2.05, 4.69) is 22.2 Å². The zero-order valence-electron chi connectivity index (χ0n) is 29.8. The van der Waals surface area contributed by atoms with Gasteiger partial charge in [-0.25, -0.2) is 23.4 Å². The van der Waals surface area contributed by atoms with E-state index in [0.717, 1.165) is 42.1 Å². The van der Waals surface area contributed by atoms with E-state index in [9.17, 15) is 4.79 Å². The van der Waals surface area contributed by atoms with Gasteiger partial charge in [-0.1, -0.05) is 109 Å². The van der Waals surface area contributed by atoms with Gasteiger partial charge in [-0.05, 0) is 72.4 Å². The van der Waals surface area contributed by atoms with E-state index in [4.69, 9.17) is 21.7 Å². The van der Waals surface area contributed by atoms with Crippen molar-refractivity contribution in [2.75, 3.05) is 5.32 Å². The molecule has 1 amide bonds. The summed E-state index contributed by atoms with van der Waals surface area (Å²) in [5, 5.41) is 14.0. The van der Waals surface area contributed by atoms with Crippen LogP contribution in [0.2, 0.25) is 4.34 Å². The van der Waals surface area contributed by atoms with Crippen LogP contribution in [0.3, 0.4) is 0 Å². The van der Waals surface area contributed by atoms with Gasteiger partial charge in [0.25, 0.3) is 5.91 Å². The maximum atomic E-state index is 16.5. The molecule has 1 fully saturated rings. The molecular formula is C44H37ClF2N6OS. The number of hydrogen-bond donors (Lipinski definition) is 2. The average Bonchev–Trinajstić information content (AvgIpc) is 3.81. The minimum absolute atomic E-state index is 0.0395. The van der Waals surface area contributed by atoms with Gasteiger partial charge in [-0.3, -0.25) is 4.79 Å². The molecule has 2 N–H and O–H groups in total. The molecule has 55 heavy (non-hydrogen) atoms. The number of carbonyl (C=O) groups is 1. The Kier molecular flexibility index (Phi) is 10.3. The van der Waals surface area contributed by atoms with Crippen molar-refractivity contribution in [3.8, 4) is 11.4 Å². The molecule has 0 aliphatic heterocycles. The molecule has 1 aliphatic rings. The SMILES string of the molecule is C=CCc1cc(F)c(-c2nn(C(c3ccccc3)(c3ccccc3)c3ccccc3)c3ncc(F)cc23)nc1NC1CCCC(NC(=O)c2ccsc2Cl)C1. The van der Waals surface area contributed by atoms with E-state index in [1.54, 1.807) is 22.2 Å². The molecule has 4 heterocycles. The molecule has 0 bridgehead atoms. The van der Waals surface area contributed by atoms with Crippen molar-refractivity contribution in [3.63, 3.8) is 0 Å². The fraction of sp³-hybridized carbons (Fsp3) is 0.182. The largest absolute Gasteiger partial charge is 0.367 e. The maximum Gasteiger partial charge on any atom is 0.253 e. The second-order valence-electron chi connectivity index (χ2n) is 13.7. The van der Waals surface area contributed by atoms with Gasteiger partial charge in [0.2, 0.25) is 0 Å². The number of anilines is 1. The van der Waals surface area contributed by atoms with Crippen molar-refractivity contribution in [3.05, 3.63) is 177 Å². The van der Waals surface area contributed by atoms with Crippen LogP contribution in [-0.4, -0.2) is 37.7 Å². The van der Waals surface area contributed by atoms with Crippen molar-refractivity contribution in [1.82, 2.24) is 25.1 Å². The second-order valence-corrected chi connectivity index (χ2v) is 15.2. The molecule has 4 aromatic heterocycles. The summed E-state index contributed by atoms with van der Waals surface area (Å²) in [5.74, 6) is -0.919. The number of benzene rings is 3. The topological polar surface area (TPSA) is 84.7 Å². The molecule has 276 valence electrons. The standard InChI is InChI=1S/C44H37ClF2N6OS/c1-2-13-28-24-37(47)39(51-41(28)49-33-20-12-21-34(26-33)50-43(54)35-22-23-55-40(35)45)38-36-25-32(46)27-48-42(36)53(52-38)44(29-14-6-3-7-15-29,30-16-8-4-9-17-30)31-18-10-5-11-19-31/h2-11,14-19,22-25,27,33-34H,1,12-13,20-21,26H2,(H,49,51)(H,50,54). The Labute approximate surface area is 326 Å². The number of thiophene rings is 1. The number of nitrogens with one attached hydrogen (secondary N) is 2. The molecule has 7 aromatic rings. The van der Waals surface area contributed by atoms with E-state index in [-0.39, 0.29) is 29.4 Å².